The van der Waals surface area contributed by atoms with Gasteiger partial charge in [-0.15, -0.1) is 0 Å². The quantitative estimate of drug-likeness (QED) is 0.0890. The van der Waals surface area contributed by atoms with Gasteiger partial charge in [0.2, 0.25) is 5.90 Å². The highest BCUT2D eigenvalue weighted by Gasteiger charge is 2.53. The summed E-state index contributed by atoms with van der Waals surface area (Å²) >= 11 is 0. The highest BCUT2D eigenvalue weighted by Crippen LogP contribution is 2.44. The van der Waals surface area contributed by atoms with Gasteiger partial charge in [-0.3, -0.25) is 10.2 Å². The van der Waals surface area contributed by atoms with Gasteiger partial charge in [-0.25, -0.2) is 10.4 Å². The SMILES string of the molecule is COc1cccc([C@@H]2OC(c3ccc(OCCCO)cc3)=N[C@]2(Cc2ccccc2N=[N+]=[N-])C(=O)NNC(C)C)c1. The summed E-state index contributed by atoms with van der Waals surface area (Å²) in [6.07, 6.45) is -0.234. The number of benzene rings is 3. The zero-order chi connectivity index (χ0) is 29.2. The molecule has 3 aromatic carbocycles. The van der Waals surface area contributed by atoms with Crippen LogP contribution in [0.25, 0.3) is 10.4 Å². The number of carbonyl (C=O) groups excluding carboxylic acids is 1. The lowest BCUT2D eigenvalue weighted by atomic mass is 9.81. The number of carbonyl (C=O) groups is 1. The number of aliphatic hydroxyl groups excluding tert-OH is 1. The van der Waals surface area contributed by atoms with Crippen LogP contribution in [0.2, 0.25) is 0 Å². The number of hydrazine groups is 1. The maximum absolute atomic E-state index is 14.1. The van der Waals surface area contributed by atoms with Gasteiger partial charge in [0.25, 0.3) is 5.91 Å². The van der Waals surface area contributed by atoms with Crippen LogP contribution in [0.5, 0.6) is 11.5 Å². The predicted octanol–water partition coefficient (Wildman–Crippen LogP) is 4.93. The predicted molar refractivity (Wildman–Crippen MR) is 155 cm³/mol. The van der Waals surface area contributed by atoms with Gasteiger partial charge in [-0.1, -0.05) is 41.5 Å². The summed E-state index contributed by atoms with van der Waals surface area (Å²) in [7, 11) is 1.57. The first-order chi connectivity index (χ1) is 19.9. The number of ether oxygens (including phenoxy) is 3. The number of rotatable bonds is 13. The normalized spacial score (nSPS) is 17.8. The lowest BCUT2D eigenvalue weighted by Crippen LogP contribution is -2.55. The Morgan fingerprint density at radius 2 is 1.93 bits per heavy atom. The molecule has 2 atom stereocenters. The fourth-order valence-electron chi connectivity index (χ4n) is 4.50. The number of nitrogens with zero attached hydrogens (tertiary/aromatic N) is 4. The molecule has 0 saturated heterocycles. The number of hydrogen-bond donors (Lipinski definition) is 3. The van der Waals surface area contributed by atoms with Crippen LogP contribution in [0.1, 0.15) is 43.1 Å². The van der Waals surface area contributed by atoms with Crippen LogP contribution in [0.3, 0.4) is 0 Å². The molecule has 0 unspecified atom stereocenters. The van der Waals surface area contributed by atoms with Gasteiger partial charge < -0.3 is 19.3 Å². The Balaban J connectivity index is 1.84. The largest absolute Gasteiger partial charge is 0.497 e. The number of azide groups is 1. The number of aliphatic imine (C=N–C) groups is 1. The number of nitrogens with one attached hydrogen (secondary N) is 2. The lowest BCUT2D eigenvalue weighted by molar-refractivity contribution is -0.130. The summed E-state index contributed by atoms with van der Waals surface area (Å²) in [5.41, 5.74) is 15.9. The number of aliphatic hydroxyl groups is 1. The summed E-state index contributed by atoms with van der Waals surface area (Å²) in [5, 5.41) is 12.9. The molecule has 0 aliphatic carbocycles. The minimum atomic E-state index is -1.49. The van der Waals surface area contributed by atoms with Gasteiger partial charge in [-0.2, -0.15) is 0 Å². The van der Waals surface area contributed by atoms with Crippen LogP contribution < -0.4 is 20.3 Å². The molecule has 0 radical (unpaired) electrons. The Morgan fingerprint density at radius 1 is 1.15 bits per heavy atom. The molecule has 0 fully saturated rings. The molecule has 0 spiro atoms. The Morgan fingerprint density at radius 3 is 2.63 bits per heavy atom. The zero-order valence-electron chi connectivity index (χ0n) is 23.3. The van der Waals surface area contributed by atoms with Crippen LogP contribution >= 0.6 is 0 Å². The maximum Gasteiger partial charge on any atom is 0.266 e. The first-order valence-electron chi connectivity index (χ1n) is 13.3. The Kier molecular flexibility index (Phi) is 9.81. The van der Waals surface area contributed by atoms with Crippen molar-refractivity contribution in [3.8, 4) is 11.5 Å². The first kappa shape index (κ1) is 29.4. The van der Waals surface area contributed by atoms with Crippen molar-refractivity contribution in [3.63, 3.8) is 0 Å². The Bertz CT molecular complexity index is 1420. The standard InChI is InChI=1S/C30H34N6O5/c1-20(2)33-35-29(38)30(19-23-8-4-5-11-26(23)34-36-31)27(22-9-6-10-25(18-22)39-3)41-28(32-30)21-12-14-24(15-13-21)40-17-7-16-37/h4-6,8-15,18,20,27,33,37H,7,16-17,19H2,1-3H3,(H,35,38)/t27-,30-/m0/s1. The molecular weight excluding hydrogens is 524 g/mol. The van der Waals surface area contributed by atoms with Gasteiger partial charge in [0.15, 0.2) is 11.6 Å². The van der Waals surface area contributed by atoms with Gasteiger partial charge in [-0.05, 0) is 66.9 Å². The topological polar surface area (TPSA) is 150 Å². The monoisotopic (exact) mass is 558 g/mol. The van der Waals surface area contributed by atoms with E-state index < -0.39 is 17.6 Å². The number of methoxy groups -OCH3 is 1. The second-order valence-electron chi connectivity index (χ2n) is 9.81. The molecule has 11 nitrogen and oxygen atoms in total. The minimum absolute atomic E-state index is 0.0362. The summed E-state index contributed by atoms with van der Waals surface area (Å²) in [6, 6.07) is 21.6. The van der Waals surface area contributed by atoms with E-state index in [1.807, 2.05) is 62.4 Å². The third-order valence-corrected chi connectivity index (χ3v) is 6.50. The van der Waals surface area contributed by atoms with Crippen molar-refractivity contribution >= 4 is 17.5 Å². The fraction of sp³-hybridized carbons (Fsp3) is 0.333. The molecule has 4 rings (SSSR count). The highest BCUT2D eigenvalue weighted by molar-refractivity contribution is 6.01. The van der Waals surface area contributed by atoms with Gasteiger partial charge in [0.1, 0.15) is 11.5 Å². The van der Waals surface area contributed by atoms with Crippen molar-refractivity contribution < 1.29 is 24.1 Å². The number of amides is 1. The average Bonchev–Trinajstić information content (AvgIpc) is 3.38. The van der Waals surface area contributed by atoms with E-state index in [1.54, 1.807) is 31.4 Å². The molecule has 11 heteroatoms. The third kappa shape index (κ3) is 6.96. The summed E-state index contributed by atoms with van der Waals surface area (Å²) < 4.78 is 17.6. The molecule has 0 bridgehead atoms. The summed E-state index contributed by atoms with van der Waals surface area (Å²) in [4.78, 5) is 22.1. The molecule has 1 aliphatic rings. The zero-order valence-corrected chi connectivity index (χ0v) is 23.3. The molecule has 3 N–H and O–H groups in total. The van der Waals surface area contributed by atoms with Crippen LogP contribution in [-0.2, 0) is 16.0 Å². The second kappa shape index (κ2) is 13.7. The van der Waals surface area contributed by atoms with E-state index in [0.717, 1.165) is 0 Å². The molecule has 1 heterocycles. The molecule has 1 amide bonds. The van der Waals surface area contributed by atoms with Crippen molar-refractivity contribution in [1.82, 2.24) is 10.9 Å². The van der Waals surface area contributed by atoms with Gasteiger partial charge in [0.05, 0.1) is 13.7 Å². The second-order valence-corrected chi connectivity index (χ2v) is 9.81. The van der Waals surface area contributed by atoms with Gasteiger partial charge in [0, 0.05) is 41.7 Å². The van der Waals surface area contributed by atoms with Crippen molar-refractivity contribution in [2.75, 3.05) is 20.3 Å². The van der Waals surface area contributed by atoms with Gasteiger partial charge >= 0.3 is 0 Å². The smallest absolute Gasteiger partial charge is 0.266 e. The maximum atomic E-state index is 14.1. The van der Waals surface area contributed by atoms with E-state index in [4.69, 9.17) is 24.3 Å². The van der Waals surface area contributed by atoms with Crippen molar-refractivity contribution in [3.05, 3.63) is 99.9 Å². The van der Waals surface area contributed by atoms with Crippen LogP contribution in [-0.4, -0.2) is 48.8 Å². The van der Waals surface area contributed by atoms with E-state index in [-0.39, 0.29) is 25.0 Å². The molecule has 41 heavy (non-hydrogen) atoms. The van der Waals surface area contributed by atoms with Crippen molar-refractivity contribution in [2.24, 2.45) is 10.1 Å². The van der Waals surface area contributed by atoms with Crippen molar-refractivity contribution in [1.29, 1.82) is 0 Å². The average molecular weight is 559 g/mol. The molecular formula is C30H34N6O5. The third-order valence-electron chi connectivity index (χ3n) is 6.50. The van der Waals surface area contributed by atoms with E-state index in [0.29, 0.717) is 46.9 Å². The van der Waals surface area contributed by atoms with Crippen LogP contribution in [0.15, 0.2) is 82.9 Å². The molecule has 0 saturated carbocycles. The van der Waals surface area contributed by atoms with Crippen LogP contribution in [0, 0.1) is 0 Å². The summed E-state index contributed by atoms with van der Waals surface area (Å²) in [6.45, 7) is 4.26. The summed E-state index contributed by atoms with van der Waals surface area (Å²) in [5.74, 6) is 1.11. The van der Waals surface area contributed by atoms with Crippen molar-refractivity contribution in [2.45, 2.75) is 44.4 Å². The molecule has 0 aromatic heterocycles. The Labute approximate surface area is 238 Å². The van der Waals surface area contributed by atoms with E-state index in [9.17, 15) is 10.3 Å². The first-order valence-corrected chi connectivity index (χ1v) is 13.3. The molecule has 1 aliphatic heterocycles. The Hall–Kier alpha value is -4.57. The molecule has 3 aromatic rings. The molecule has 214 valence electrons. The van der Waals surface area contributed by atoms with E-state index in [1.165, 1.54) is 0 Å². The van der Waals surface area contributed by atoms with E-state index in [2.05, 4.69) is 20.9 Å². The van der Waals surface area contributed by atoms with Crippen LogP contribution in [0.4, 0.5) is 5.69 Å². The minimum Gasteiger partial charge on any atom is -0.497 e. The fourth-order valence-corrected chi connectivity index (χ4v) is 4.50. The highest BCUT2D eigenvalue weighted by atomic mass is 16.5. The lowest BCUT2D eigenvalue weighted by Gasteiger charge is -2.31. The number of hydrogen-bond acceptors (Lipinski definition) is 8. The van der Waals surface area contributed by atoms with E-state index >= 15 is 0 Å².